The van der Waals surface area contributed by atoms with Crippen molar-refractivity contribution >= 4 is 87.0 Å². The number of ether oxygens (including phenoxy) is 2. The predicted octanol–water partition coefficient (Wildman–Crippen LogP) is 5.19. The molecular formula is C27H33Br4N5O6. The van der Waals surface area contributed by atoms with Gasteiger partial charge >= 0.3 is 0 Å². The Morgan fingerprint density at radius 1 is 0.810 bits per heavy atom. The van der Waals surface area contributed by atoms with Gasteiger partial charge in [0.2, 0.25) is 5.78 Å². The number of benzene rings is 2. The number of hydrogen-bond donors (Lipinski definition) is 5. The zero-order valence-electron chi connectivity index (χ0n) is 23.1. The van der Waals surface area contributed by atoms with Gasteiger partial charge in [0.1, 0.15) is 17.2 Å². The number of halogens is 4. The molecule has 42 heavy (non-hydrogen) atoms. The quantitative estimate of drug-likeness (QED) is 0.0480. The van der Waals surface area contributed by atoms with Gasteiger partial charge < -0.3 is 25.3 Å². The highest BCUT2D eigenvalue weighted by Gasteiger charge is 2.16. The summed E-state index contributed by atoms with van der Waals surface area (Å²) >= 11 is 13.7. The lowest BCUT2D eigenvalue weighted by Gasteiger charge is -2.10. The summed E-state index contributed by atoms with van der Waals surface area (Å²) in [7, 11) is 3.12. The number of nitrogens with one attached hydrogen (secondary N) is 3. The molecule has 0 spiro atoms. The highest BCUT2D eigenvalue weighted by Crippen LogP contribution is 2.35. The van der Waals surface area contributed by atoms with E-state index in [2.05, 4.69) is 84.5 Å². The summed E-state index contributed by atoms with van der Waals surface area (Å²) in [5.74, 6) is 0.409. The molecule has 0 heterocycles. The predicted molar refractivity (Wildman–Crippen MR) is 175 cm³/mol. The number of hydroxylamine groups is 1. The van der Waals surface area contributed by atoms with Crippen LogP contribution in [0.15, 0.2) is 52.3 Å². The van der Waals surface area contributed by atoms with Crippen LogP contribution in [0.4, 0.5) is 0 Å². The molecule has 0 fully saturated rings. The number of carbonyl (C=O) groups excluding carboxylic acids is 2. The summed E-state index contributed by atoms with van der Waals surface area (Å²) in [6.07, 6.45) is 2.44. The minimum Gasteiger partial charge on any atom is -0.494 e. The number of oxime groups is 1. The summed E-state index contributed by atoms with van der Waals surface area (Å²) < 4.78 is 13.4. The molecule has 2 aromatic carbocycles. The maximum Gasteiger partial charge on any atom is 0.269 e. The fourth-order valence-electron chi connectivity index (χ4n) is 3.83. The van der Waals surface area contributed by atoms with Gasteiger partial charge in [0.25, 0.3) is 5.91 Å². The van der Waals surface area contributed by atoms with Gasteiger partial charge in [-0.3, -0.25) is 19.8 Å². The smallest absolute Gasteiger partial charge is 0.269 e. The summed E-state index contributed by atoms with van der Waals surface area (Å²) in [6, 6.07) is 7.18. The Bertz CT molecular complexity index is 1250. The molecule has 0 bridgehead atoms. The third-order valence-corrected chi connectivity index (χ3v) is 8.22. The first kappa shape index (κ1) is 36.2. The molecule has 0 aliphatic rings. The highest BCUT2D eigenvalue weighted by atomic mass is 79.9. The zero-order chi connectivity index (χ0) is 31.1. The molecule has 0 unspecified atom stereocenters. The lowest BCUT2D eigenvalue weighted by atomic mass is 10.1. The molecule has 0 aliphatic heterocycles. The molecule has 0 saturated carbocycles. The van der Waals surface area contributed by atoms with Crippen molar-refractivity contribution in [3.63, 3.8) is 0 Å². The molecule has 2 aromatic rings. The number of Topliss-reactive ketones (excluding diaryl/α,β-unsaturated/α-hetero) is 1. The standard InChI is InChI=1S/C27H33Br4N5O6/c1-41-24-18(28)10-16(11-19(24)29)14-22(35-39)27(38)34-8-4-3-6-32-7-5-9-33-26(36-40)23(37)15-17-12-20(30)25(42-2)21(31)13-17/h10-13,32,39-40H,3-9,14-15H2,1-2H3,(H,33,36)(H,34,38)/b35-22+. The molecule has 0 atom stereocenters. The third-order valence-electron chi connectivity index (χ3n) is 5.86. The van der Waals surface area contributed by atoms with E-state index in [9.17, 15) is 20.0 Å². The number of ketones is 1. The van der Waals surface area contributed by atoms with Gasteiger partial charge in [0, 0.05) is 25.9 Å². The Labute approximate surface area is 278 Å². The first-order valence-electron chi connectivity index (χ1n) is 12.9. The molecule has 230 valence electrons. The van der Waals surface area contributed by atoms with E-state index in [0.29, 0.717) is 46.5 Å². The molecule has 11 nitrogen and oxygen atoms in total. The number of nitrogens with zero attached hydrogens (tertiary/aromatic N) is 2. The van der Waals surface area contributed by atoms with Crippen LogP contribution < -0.4 is 25.6 Å². The lowest BCUT2D eigenvalue weighted by molar-refractivity contribution is -0.115. The normalized spacial score (nSPS) is 11.8. The van der Waals surface area contributed by atoms with Crippen molar-refractivity contribution < 1.29 is 29.5 Å². The number of rotatable bonds is 17. The average Bonchev–Trinajstić information content (AvgIpc) is 2.94. The third kappa shape index (κ3) is 11.6. The molecule has 5 N–H and O–H groups in total. The lowest BCUT2D eigenvalue weighted by Crippen LogP contribution is -2.33. The van der Waals surface area contributed by atoms with Crippen molar-refractivity contribution in [2.45, 2.75) is 32.1 Å². The summed E-state index contributed by atoms with van der Waals surface area (Å²) in [5, 5.41) is 28.0. The van der Waals surface area contributed by atoms with Crippen molar-refractivity contribution in [1.82, 2.24) is 16.1 Å². The number of carbonyl (C=O) groups is 2. The van der Waals surface area contributed by atoms with E-state index in [1.54, 1.807) is 38.5 Å². The summed E-state index contributed by atoms with van der Waals surface area (Å²) in [6.45, 7) is 2.21. The van der Waals surface area contributed by atoms with Gasteiger partial charge in [0.15, 0.2) is 5.84 Å². The molecule has 1 amide bonds. The summed E-state index contributed by atoms with van der Waals surface area (Å²) in [4.78, 5) is 29.2. The second-order valence-corrected chi connectivity index (χ2v) is 12.3. The van der Waals surface area contributed by atoms with E-state index >= 15 is 0 Å². The van der Waals surface area contributed by atoms with Gasteiger partial charge in [-0.15, -0.1) is 0 Å². The minimum atomic E-state index is -0.429. The fourth-order valence-corrected chi connectivity index (χ4v) is 7.04. The van der Waals surface area contributed by atoms with E-state index in [0.717, 1.165) is 39.5 Å². The van der Waals surface area contributed by atoms with Gasteiger partial charge in [-0.2, -0.15) is 0 Å². The number of hydrogen-bond acceptors (Lipinski definition) is 9. The molecule has 2 rings (SSSR count). The number of amidine groups is 1. The maximum atomic E-state index is 12.5. The molecule has 0 saturated heterocycles. The van der Waals surface area contributed by atoms with Gasteiger partial charge in [-0.25, -0.2) is 5.48 Å². The van der Waals surface area contributed by atoms with Crippen molar-refractivity contribution in [1.29, 1.82) is 0 Å². The molecular weight excluding hydrogens is 810 g/mol. The Kier molecular flexibility index (Phi) is 16.6. The van der Waals surface area contributed by atoms with E-state index in [-0.39, 0.29) is 30.2 Å². The second-order valence-electron chi connectivity index (χ2n) is 8.92. The first-order valence-corrected chi connectivity index (χ1v) is 16.0. The van der Waals surface area contributed by atoms with E-state index < -0.39 is 5.91 Å². The van der Waals surface area contributed by atoms with E-state index in [1.807, 2.05) is 5.48 Å². The maximum absolute atomic E-state index is 12.5. The van der Waals surface area contributed by atoms with Crippen LogP contribution in [0.1, 0.15) is 30.4 Å². The molecule has 15 heteroatoms. The van der Waals surface area contributed by atoms with Crippen molar-refractivity contribution in [3.05, 3.63) is 53.3 Å². The Morgan fingerprint density at radius 3 is 1.81 bits per heavy atom. The van der Waals surface area contributed by atoms with Crippen molar-refractivity contribution in [2.24, 2.45) is 10.1 Å². The second kappa shape index (κ2) is 19.3. The Balaban J connectivity index is 1.64. The highest BCUT2D eigenvalue weighted by molar-refractivity contribution is 9.11. The van der Waals surface area contributed by atoms with Crippen LogP contribution in [0.3, 0.4) is 0 Å². The monoisotopic (exact) mass is 839 g/mol. The first-order chi connectivity index (χ1) is 20.1. The Hall–Kier alpha value is -2.04. The van der Waals surface area contributed by atoms with Crippen LogP contribution >= 0.6 is 63.7 Å². The molecule has 0 aromatic heterocycles. The topological polar surface area (TPSA) is 154 Å². The number of aliphatic imine (C=N–C) groups is 1. The van der Waals surface area contributed by atoms with Gasteiger partial charge in [-0.1, -0.05) is 5.16 Å². The van der Waals surface area contributed by atoms with Crippen LogP contribution in [0.2, 0.25) is 0 Å². The van der Waals surface area contributed by atoms with E-state index in [1.165, 1.54) is 0 Å². The van der Waals surface area contributed by atoms with Crippen LogP contribution in [-0.4, -0.2) is 74.1 Å². The van der Waals surface area contributed by atoms with Gasteiger partial charge in [0.05, 0.1) is 32.1 Å². The zero-order valence-corrected chi connectivity index (χ0v) is 29.5. The molecule has 0 aliphatic carbocycles. The molecule has 0 radical (unpaired) electrons. The number of unbranched alkanes of at least 4 members (excludes halogenated alkanes) is 1. The number of amides is 1. The SMILES string of the molecule is COc1c(Br)cc(CC(=O)C(=NCCCNCCCCNC(=O)/C(Cc2cc(Br)c(OC)c(Br)c2)=N/O)NO)cc1Br. The van der Waals surface area contributed by atoms with Gasteiger partial charge in [-0.05, 0) is 131 Å². The minimum absolute atomic E-state index is 0.0117. The van der Waals surface area contributed by atoms with E-state index in [4.69, 9.17) is 9.47 Å². The fraction of sp³-hybridized carbons (Fsp3) is 0.407. The van der Waals surface area contributed by atoms with Crippen LogP contribution in [0.5, 0.6) is 11.5 Å². The Morgan fingerprint density at radius 2 is 1.31 bits per heavy atom. The van der Waals surface area contributed by atoms with Crippen molar-refractivity contribution in [3.8, 4) is 11.5 Å². The van der Waals surface area contributed by atoms with Crippen LogP contribution in [0, 0.1) is 0 Å². The van der Waals surface area contributed by atoms with Crippen LogP contribution in [-0.2, 0) is 22.4 Å². The largest absolute Gasteiger partial charge is 0.494 e. The summed E-state index contributed by atoms with van der Waals surface area (Å²) in [5.41, 5.74) is 3.43. The average molecular weight is 843 g/mol. The van der Waals surface area contributed by atoms with Crippen LogP contribution in [0.25, 0.3) is 0 Å². The number of methoxy groups -OCH3 is 2. The van der Waals surface area contributed by atoms with Crippen molar-refractivity contribution in [2.75, 3.05) is 40.4 Å².